The fraction of sp³-hybridized carbons (Fsp3) is 0.889. The first kappa shape index (κ1) is 48.3. The van der Waals surface area contributed by atoms with Gasteiger partial charge in [0.25, 0.3) is 0 Å². The van der Waals surface area contributed by atoms with Crippen LogP contribution in [0.2, 0.25) is 0 Å². The summed E-state index contributed by atoms with van der Waals surface area (Å²) in [5.41, 5.74) is 6.93. The second-order valence-electron chi connectivity index (χ2n) is 15.7. The van der Waals surface area contributed by atoms with Crippen molar-refractivity contribution in [2.45, 2.75) is 232 Å². The maximum absolute atomic E-state index is 13.3. The van der Waals surface area contributed by atoms with Crippen LogP contribution in [0.1, 0.15) is 225 Å². The van der Waals surface area contributed by atoms with E-state index in [0.29, 0.717) is 38.9 Å². The molecule has 0 saturated heterocycles. The number of hydrogen-bond donors (Lipinski definition) is 2. The Balaban J connectivity index is 2.21. The number of carbonyl (C=O) groups excluding carboxylic acids is 2. The average molecular weight is 731 g/mol. The van der Waals surface area contributed by atoms with E-state index in [4.69, 9.17) is 10.5 Å². The van der Waals surface area contributed by atoms with Gasteiger partial charge < -0.3 is 20.4 Å². The summed E-state index contributed by atoms with van der Waals surface area (Å²) < 4.78 is 5.79. The van der Waals surface area contributed by atoms with Crippen LogP contribution in [0, 0.1) is 0 Å². The van der Waals surface area contributed by atoms with Gasteiger partial charge in [0.05, 0.1) is 12.4 Å². The molecule has 1 atom stereocenters. The van der Waals surface area contributed by atoms with Crippen molar-refractivity contribution >= 4 is 11.7 Å². The highest BCUT2D eigenvalue weighted by molar-refractivity contribution is 5.83. The molecule has 7 heteroatoms. The topological polar surface area (TPSA) is 101 Å². The van der Waals surface area contributed by atoms with Crippen LogP contribution in [0.5, 0.6) is 0 Å². The van der Waals surface area contributed by atoms with E-state index in [-0.39, 0.29) is 11.7 Å². The lowest BCUT2D eigenvalue weighted by atomic mass is 10.0. The number of imidazole rings is 1. The third-order valence-corrected chi connectivity index (χ3v) is 10.7. The molecule has 304 valence electrons. The number of carbonyl (C=O) groups is 2. The van der Waals surface area contributed by atoms with Crippen LogP contribution in [-0.2, 0) is 20.7 Å². The normalized spacial score (nSPS) is 12.1. The fourth-order valence-corrected chi connectivity index (χ4v) is 7.22. The summed E-state index contributed by atoms with van der Waals surface area (Å²) in [6.07, 6.45) is 44.1. The number of hydrogen-bond acceptors (Lipinski definition) is 5. The molecule has 0 radical (unpaired) electrons. The van der Waals surface area contributed by atoms with E-state index in [1.54, 1.807) is 12.5 Å². The van der Waals surface area contributed by atoms with E-state index in [2.05, 4.69) is 28.7 Å². The zero-order valence-corrected chi connectivity index (χ0v) is 34.6. The van der Waals surface area contributed by atoms with Gasteiger partial charge in [-0.15, -0.1) is 0 Å². The predicted molar refractivity (Wildman–Crippen MR) is 222 cm³/mol. The third-order valence-electron chi connectivity index (χ3n) is 10.7. The van der Waals surface area contributed by atoms with Gasteiger partial charge in [-0.1, -0.05) is 181 Å². The van der Waals surface area contributed by atoms with E-state index >= 15 is 0 Å². The van der Waals surface area contributed by atoms with Crippen molar-refractivity contribution in [3.8, 4) is 0 Å². The summed E-state index contributed by atoms with van der Waals surface area (Å²) in [4.78, 5) is 34.7. The number of ether oxygens (including phenoxy) is 1. The molecule has 0 fully saturated rings. The van der Waals surface area contributed by atoms with Crippen LogP contribution in [0.25, 0.3) is 0 Å². The molecule has 1 rings (SSSR count). The van der Waals surface area contributed by atoms with Gasteiger partial charge in [-0.05, 0) is 25.7 Å². The number of unbranched alkanes of at least 4 members (excludes halogenated alkanes) is 26. The van der Waals surface area contributed by atoms with Crippen LogP contribution in [0.15, 0.2) is 12.5 Å². The molecule has 1 amide bonds. The number of nitrogens with one attached hydrogen (secondary N) is 1. The van der Waals surface area contributed by atoms with Gasteiger partial charge in [0.2, 0.25) is 5.91 Å². The van der Waals surface area contributed by atoms with E-state index in [1.165, 1.54) is 167 Å². The highest BCUT2D eigenvalue weighted by Gasteiger charge is 2.15. The maximum Gasteiger partial charge on any atom is 0.222 e. The first-order chi connectivity index (χ1) is 25.6. The van der Waals surface area contributed by atoms with Crippen LogP contribution < -0.4 is 5.73 Å². The number of H-pyrrole nitrogens is 1. The van der Waals surface area contributed by atoms with Crippen molar-refractivity contribution in [2.24, 2.45) is 5.73 Å². The van der Waals surface area contributed by atoms with Gasteiger partial charge in [-0.3, -0.25) is 9.59 Å². The molecule has 0 aliphatic carbocycles. The molecule has 52 heavy (non-hydrogen) atoms. The Morgan fingerprint density at radius 3 is 1.37 bits per heavy atom. The number of rotatable bonds is 41. The van der Waals surface area contributed by atoms with Gasteiger partial charge in [0.1, 0.15) is 5.78 Å². The lowest BCUT2D eigenvalue weighted by Gasteiger charge is -2.23. The van der Waals surface area contributed by atoms with Crippen molar-refractivity contribution in [2.75, 3.05) is 26.3 Å². The molecule has 1 unspecified atom stereocenters. The first-order valence-electron chi connectivity index (χ1n) is 22.7. The molecule has 0 aromatic carbocycles. The largest absolute Gasteiger partial charge is 0.381 e. The Labute approximate surface area is 322 Å². The van der Waals surface area contributed by atoms with Gasteiger partial charge in [0, 0.05) is 57.5 Å². The van der Waals surface area contributed by atoms with Crippen LogP contribution in [0.3, 0.4) is 0 Å². The predicted octanol–water partition coefficient (Wildman–Crippen LogP) is 12.2. The number of nitrogens with two attached hydrogens (primary N) is 1. The quantitative estimate of drug-likeness (QED) is 0.0653. The minimum atomic E-state index is -0.511. The van der Waals surface area contributed by atoms with E-state index in [0.717, 1.165) is 38.0 Å². The molecule has 1 aromatic heterocycles. The van der Waals surface area contributed by atoms with E-state index in [9.17, 15) is 9.59 Å². The highest BCUT2D eigenvalue weighted by atomic mass is 16.5. The second kappa shape index (κ2) is 37.6. The van der Waals surface area contributed by atoms with Crippen LogP contribution in [-0.4, -0.2) is 58.9 Å². The summed E-state index contributed by atoms with van der Waals surface area (Å²) in [5.74, 6) is 0.337. The lowest BCUT2D eigenvalue weighted by Crippen LogP contribution is -2.33. The average Bonchev–Trinajstić information content (AvgIpc) is 3.66. The van der Waals surface area contributed by atoms with Crippen molar-refractivity contribution in [3.63, 3.8) is 0 Å². The Bertz CT molecular complexity index is 861. The zero-order valence-electron chi connectivity index (χ0n) is 34.6. The first-order valence-corrected chi connectivity index (χ1v) is 22.7. The number of amides is 1. The number of nitrogens with zero attached hydrogens (tertiary/aromatic N) is 2. The second-order valence-corrected chi connectivity index (χ2v) is 15.7. The Morgan fingerprint density at radius 2 is 0.981 bits per heavy atom. The molecular weight excluding hydrogens is 645 g/mol. The van der Waals surface area contributed by atoms with Crippen LogP contribution in [0.4, 0.5) is 0 Å². The molecule has 0 spiro atoms. The number of ketones is 1. The summed E-state index contributed by atoms with van der Waals surface area (Å²) in [6.45, 7) is 7.46. The Morgan fingerprint density at radius 1 is 0.596 bits per heavy atom. The standard InChI is InChI=1S/C45H86N4O3/c1-3-5-7-9-11-13-15-17-19-21-23-25-27-29-35-49(36-30-28-26-24-22-20-18-16-14-12-10-8-6-4-2)45(51)34-32-38-52-37-31-33-44(50)43(46)39-42-40-47-41-48-42/h40-41,43H,3-39,46H2,1-2H3,(H,47,48). The molecule has 3 N–H and O–H groups in total. The molecule has 7 nitrogen and oxygen atoms in total. The minimum absolute atomic E-state index is 0.0519. The molecule has 0 bridgehead atoms. The Hall–Kier alpha value is -1.73. The zero-order chi connectivity index (χ0) is 37.6. The molecule has 0 saturated carbocycles. The van der Waals surface area contributed by atoms with Crippen molar-refractivity contribution in [1.29, 1.82) is 0 Å². The molecular formula is C45H86N4O3. The molecule has 0 aliphatic rings. The number of aromatic amines is 1. The van der Waals surface area contributed by atoms with Gasteiger partial charge in [-0.25, -0.2) is 4.98 Å². The molecule has 1 aromatic rings. The Kier molecular flexibility index (Phi) is 34.9. The van der Waals surface area contributed by atoms with Gasteiger partial charge in [-0.2, -0.15) is 0 Å². The number of Topliss-reactive ketones (excluding diaryl/α,β-unsaturated/α-hetero) is 1. The van der Waals surface area contributed by atoms with Crippen molar-refractivity contribution in [1.82, 2.24) is 14.9 Å². The summed E-state index contributed by atoms with van der Waals surface area (Å²) in [5, 5.41) is 0. The summed E-state index contributed by atoms with van der Waals surface area (Å²) in [6, 6.07) is -0.511. The summed E-state index contributed by atoms with van der Waals surface area (Å²) >= 11 is 0. The van der Waals surface area contributed by atoms with Gasteiger partial charge >= 0.3 is 0 Å². The van der Waals surface area contributed by atoms with Crippen molar-refractivity contribution in [3.05, 3.63) is 18.2 Å². The maximum atomic E-state index is 13.3. The monoisotopic (exact) mass is 731 g/mol. The third kappa shape index (κ3) is 30.7. The fourth-order valence-electron chi connectivity index (χ4n) is 7.22. The summed E-state index contributed by atoms with van der Waals surface area (Å²) in [7, 11) is 0. The number of aromatic nitrogens is 2. The minimum Gasteiger partial charge on any atom is -0.381 e. The smallest absolute Gasteiger partial charge is 0.222 e. The lowest BCUT2D eigenvalue weighted by molar-refractivity contribution is -0.131. The molecule has 1 heterocycles. The van der Waals surface area contributed by atoms with Gasteiger partial charge in [0.15, 0.2) is 0 Å². The van der Waals surface area contributed by atoms with E-state index < -0.39 is 6.04 Å². The molecule has 0 aliphatic heterocycles. The highest BCUT2D eigenvalue weighted by Crippen LogP contribution is 2.16. The van der Waals surface area contributed by atoms with E-state index in [1.807, 2.05) is 0 Å². The van der Waals surface area contributed by atoms with Crippen LogP contribution >= 0.6 is 0 Å². The van der Waals surface area contributed by atoms with Crippen molar-refractivity contribution < 1.29 is 14.3 Å². The SMILES string of the molecule is CCCCCCCCCCCCCCCCN(CCCCCCCCCCCCCCCC)C(=O)CCCOCCCC(=O)C(N)Cc1cnc[nH]1.